The Kier molecular flexibility index (Phi) is 5.68. The Balaban J connectivity index is 1.92. The largest absolute Gasteiger partial charge is 0.507 e. The van der Waals surface area contributed by atoms with E-state index in [0.717, 1.165) is 15.0 Å². The van der Waals surface area contributed by atoms with Gasteiger partial charge in [0, 0.05) is 14.9 Å². The molecule has 8 heteroatoms. The summed E-state index contributed by atoms with van der Waals surface area (Å²) in [5.41, 5.74) is 1.95. The van der Waals surface area contributed by atoms with Crippen molar-refractivity contribution in [2.45, 2.75) is 19.9 Å². The zero-order chi connectivity index (χ0) is 22.3. The molecular formula is C23H19BrN2O4S. The zero-order valence-electron chi connectivity index (χ0n) is 17.0. The Hall–Kier alpha value is -2.97. The smallest absolute Gasteiger partial charge is 0.301 e. The maximum absolute atomic E-state index is 13.1. The van der Waals surface area contributed by atoms with Gasteiger partial charge >= 0.3 is 5.91 Å². The van der Waals surface area contributed by atoms with Gasteiger partial charge in [-0.2, -0.15) is 0 Å². The maximum Gasteiger partial charge on any atom is 0.301 e. The molecule has 0 unspecified atom stereocenters. The first-order valence-electron chi connectivity index (χ1n) is 9.46. The minimum Gasteiger partial charge on any atom is -0.507 e. The van der Waals surface area contributed by atoms with Crippen LogP contribution in [0, 0.1) is 13.8 Å². The van der Waals surface area contributed by atoms with Gasteiger partial charge in [-0.05, 0) is 55.8 Å². The standard InChI is InChI=1S/C23H19BrN2O4S/c1-12-13(2)31-23(25-12)26-19(14-4-8-16(24)9-5-14)18(21(28)22(26)29)20(27)15-6-10-17(30-3)11-7-15/h4-11,19,27H,1-3H3/b20-18+/t19-/m0/s1. The van der Waals surface area contributed by atoms with Gasteiger partial charge in [-0.15, -0.1) is 11.3 Å². The monoisotopic (exact) mass is 498 g/mol. The lowest BCUT2D eigenvalue weighted by Crippen LogP contribution is -2.29. The Morgan fingerprint density at radius 2 is 1.74 bits per heavy atom. The second-order valence-corrected chi connectivity index (χ2v) is 9.18. The second kappa shape index (κ2) is 8.28. The van der Waals surface area contributed by atoms with Crippen LogP contribution in [0.5, 0.6) is 5.75 Å². The lowest BCUT2D eigenvalue weighted by molar-refractivity contribution is -0.132. The highest BCUT2D eigenvalue weighted by atomic mass is 79.9. The molecule has 1 saturated heterocycles. The predicted molar refractivity (Wildman–Crippen MR) is 124 cm³/mol. The molecule has 4 rings (SSSR count). The van der Waals surface area contributed by atoms with Gasteiger partial charge in [0.15, 0.2) is 5.13 Å². The Bertz CT molecular complexity index is 1180. The molecule has 0 saturated carbocycles. The average molecular weight is 499 g/mol. The number of aromatic nitrogens is 1. The molecule has 158 valence electrons. The van der Waals surface area contributed by atoms with Crippen molar-refractivity contribution >= 4 is 49.8 Å². The number of hydrogen-bond donors (Lipinski definition) is 1. The molecule has 1 aliphatic rings. The molecule has 0 spiro atoms. The van der Waals surface area contributed by atoms with Gasteiger partial charge in [0.2, 0.25) is 0 Å². The number of ketones is 1. The topological polar surface area (TPSA) is 79.7 Å². The van der Waals surface area contributed by atoms with E-state index in [1.807, 2.05) is 38.1 Å². The third kappa shape index (κ3) is 3.77. The van der Waals surface area contributed by atoms with Crippen LogP contribution in [-0.4, -0.2) is 28.9 Å². The van der Waals surface area contributed by atoms with E-state index in [1.165, 1.54) is 16.2 Å². The number of aliphatic hydroxyl groups is 1. The molecule has 1 amide bonds. The Morgan fingerprint density at radius 1 is 1.10 bits per heavy atom. The van der Waals surface area contributed by atoms with Crippen LogP contribution in [0.25, 0.3) is 5.76 Å². The molecule has 1 atom stereocenters. The van der Waals surface area contributed by atoms with Gasteiger partial charge in [0.25, 0.3) is 5.78 Å². The van der Waals surface area contributed by atoms with E-state index in [-0.39, 0.29) is 11.3 Å². The SMILES string of the molecule is COc1ccc(/C(O)=C2\C(=O)C(=O)N(c3nc(C)c(C)s3)[C@H]2c2ccc(Br)cc2)cc1. The summed E-state index contributed by atoms with van der Waals surface area (Å²) in [6, 6.07) is 13.2. The van der Waals surface area contributed by atoms with E-state index >= 15 is 0 Å². The Morgan fingerprint density at radius 3 is 2.29 bits per heavy atom. The molecular weight excluding hydrogens is 480 g/mol. The number of halogens is 1. The number of Topliss-reactive ketones (excluding diaryl/α,β-unsaturated/α-hetero) is 1. The van der Waals surface area contributed by atoms with Crippen LogP contribution in [0.3, 0.4) is 0 Å². The van der Waals surface area contributed by atoms with Crippen molar-refractivity contribution in [1.29, 1.82) is 0 Å². The van der Waals surface area contributed by atoms with Crippen molar-refractivity contribution in [2.75, 3.05) is 12.0 Å². The molecule has 2 aromatic carbocycles. The number of carbonyl (C=O) groups is 2. The Labute approximate surface area is 191 Å². The van der Waals surface area contributed by atoms with Gasteiger partial charge in [0.1, 0.15) is 11.5 Å². The summed E-state index contributed by atoms with van der Waals surface area (Å²) in [4.78, 5) is 33.0. The quantitative estimate of drug-likeness (QED) is 0.305. The number of thiazole rings is 1. The van der Waals surface area contributed by atoms with Gasteiger partial charge in [0.05, 0.1) is 24.4 Å². The number of ether oxygens (including phenoxy) is 1. The van der Waals surface area contributed by atoms with Crippen molar-refractivity contribution in [2.24, 2.45) is 0 Å². The average Bonchev–Trinajstić information content (AvgIpc) is 3.23. The van der Waals surface area contributed by atoms with Gasteiger partial charge in [-0.3, -0.25) is 14.5 Å². The number of rotatable bonds is 4. The van der Waals surface area contributed by atoms with Crippen LogP contribution >= 0.6 is 27.3 Å². The summed E-state index contributed by atoms with van der Waals surface area (Å²) in [6.45, 7) is 3.77. The first kappa shape index (κ1) is 21.3. The molecule has 0 radical (unpaired) electrons. The van der Waals surface area contributed by atoms with Crippen molar-refractivity contribution in [1.82, 2.24) is 4.98 Å². The maximum atomic E-state index is 13.1. The molecule has 3 aromatic rings. The molecule has 1 N–H and O–H groups in total. The highest BCUT2D eigenvalue weighted by molar-refractivity contribution is 9.10. The fraction of sp³-hybridized carbons (Fsp3) is 0.174. The summed E-state index contributed by atoms with van der Waals surface area (Å²) in [5.74, 6) is -1.07. The lowest BCUT2D eigenvalue weighted by Gasteiger charge is -2.23. The number of nitrogens with zero attached hydrogens (tertiary/aromatic N) is 2. The summed E-state index contributed by atoms with van der Waals surface area (Å²) in [7, 11) is 1.55. The number of benzene rings is 2. The molecule has 1 aliphatic heterocycles. The molecule has 1 fully saturated rings. The van der Waals surface area contributed by atoms with Gasteiger partial charge < -0.3 is 9.84 Å². The number of methoxy groups -OCH3 is 1. The van der Waals surface area contributed by atoms with E-state index in [0.29, 0.717) is 22.0 Å². The molecule has 1 aromatic heterocycles. The van der Waals surface area contributed by atoms with Crippen LogP contribution in [0.2, 0.25) is 0 Å². The van der Waals surface area contributed by atoms with E-state index in [4.69, 9.17) is 4.74 Å². The summed E-state index contributed by atoms with van der Waals surface area (Å²) in [5, 5.41) is 11.5. The summed E-state index contributed by atoms with van der Waals surface area (Å²) >= 11 is 4.76. The molecule has 0 bridgehead atoms. The van der Waals surface area contributed by atoms with Crippen molar-refractivity contribution in [3.8, 4) is 5.75 Å². The lowest BCUT2D eigenvalue weighted by atomic mass is 9.95. The predicted octanol–water partition coefficient (Wildman–Crippen LogP) is 5.16. The molecule has 2 heterocycles. The van der Waals surface area contributed by atoms with Crippen LogP contribution in [0.1, 0.15) is 27.7 Å². The van der Waals surface area contributed by atoms with Crippen LogP contribution in [0.4, 0.5) is 5.13 Å². The fourth-order valence-corrected chi connectivity index (χ4v) is 4.65. The van der Waals surface area contributed by atoms with Crippen LogP contribution in [-0.2, 0) is 9.59 Å². The van der Waals surface area contributed by atoms with Crippen LogP contribution < -0.4 is 9.64 Å². The number of aryl methyl sites for hydroxylation is 2. The minimum absolute atomic E-state index is 0.0306. The van der Waals surface area contributed by atoms with E-state index in [9.17, 15) is 14.7 Å². The van der Waals surface area contributed by atoms with Crippen molar-refractivity contribution in [3.05, 3.63) is 80.3 Å². The zero-order valence-corrected chi connectivity index (χ0v) is 19.5. The third-order valence-corrected chi connectivity index (χ3v) is 6.82. The normalized spacial score (nSPS) is 17.9. The van der Waals surface area contributed by atoms with E-state index < -0.39 is 17.7 Å². The summed E-state index contributed by atoms with van der Waals surface area (Å²) < 4.78 is 6.03. The van der Waals surface area contributed by atoms with Gasteiger partial charge in [-0.1, -0.05) is 28.1 Å². The van der Waals surface area contributed by atoms with Gasteiger partial charge in [-0.25, -0.2) is 4.98 Å². The summed E-state index contributed by atoms with van der Waals surface area (Å²) in [6.07, 6.45) is 0. The fourth-order valence-electron chi connectivity index (χ4n) is 3.45. The molecule has 0 aliphatic carbocycles. The van der Waals surface area contributed by atoms with E-state index in [1.54, 1.807) is 31.4 Å². The number of anilines is 1. The highest BCUT2D eigenvalue weighted by Gasteiger charge is 2.48. The number of hydrogen-bond acceptors (Lipinski definition) is 6. The van der Waals surface area contributed by atoms with Crippen molar-refractivity contribution in [3.63, 3.8) is 0 Å². The minimum atomic E-state index is -0.792. The molecule has 31 heavy (non-hydrogen) atoms. The van der Waals surface area contributed by atoms with Crippen molar-refractivity contribution < 1.29 is 19.4 Å². The highest BCUT2D eigenvalue weighted by Crippen LogP contribution is 2.44. The number of carbonyl (C=O) groups excluding carboxylic acids is 2. The molecule has 6 nitrogen and oxygen atoms in total. The first-order valence-corrected chi connectivity index (χ1v) is 11.1. The second-order valence-electron chi connectivity index (χ2n) is 7.09. The number of amides is 1. The van der Waals surface area contributed by atoms with Crippen LogP contribution in [0.15, 0.2) is 58.6 Å². The number of aliphatic hydroxyl groups excluding tert-OH is 1. The first-order chi connectivity index (χ1) is 14.8. The van der Waals surface area contributed by atoms with E-state index in [2.05, 4.69) is 20.9 Å². The third-order valence-electron chi connectivity index (χ3n) is 5.22.